The Morgan fingerprint density at radius 2 is 1.88 bits per heavy atom. The van der Waals surface area contributed by atoms with Crippen molar-refractivity contribution in [1.82, 2.24) is 9.97 Å². The van der Waals surface area contributed by atoms with Gasteiger partial charge in [0.15, 0.2) is 0 Å². The van der Waals surface area contributed by atoms with Crippen molar-refractivity contribution in [3.05, 3.63) is 54.4 Å². The predicted octanol–water partition coefficient (Wildman–Crippen LogP) is 3.11. The third kappa shape index (κ3) is 4.72. The monoisotopic (exact) mass is 377 g/mol. The van der Waals surface area contributed by atoms with Crippen molar-refractivity contribution < 1.29 is 19.0 Å². The van der Waals surface area contributed by atoms with Gasteiger partial charge in [-0.05, 0) is 47.7 Å². The second kappa shape index (κ2) is 7.43. The summed E-state index contributed by atoms with van der Waals surface area (Å²) in [5.74, 6) is 1.38. The highest BCUT2D eigenvalue weighted by Gasteiger charge is 2.09. The Morgan fingerprint density at radius 3 is 2.56 bits per heavy atom. The summed E-state index contributed by atoms with van der Waals surface area (Å²) in [7, 11) is 1.61. The van der Waals surface area contributed by atoms with Gasteiger partial charge in [-0.1, -0.05) is 12.1 Å². The first-order valence-corrected chi connectivity index (χ1v) is 9.92. The molecule has 1 heterocycles. The van der Waals surface area contributed by atoms with Crippen molar-refractivity contribution in [3.8, 4) is 5.75 Å². The molecular weight excluding hydrogens is 361 g/mol. The minimum atomic E-state index is -3.64. The number of rotatable bonds is 6. The lowest BCUT2D eigenvalue weighted by Crippen LogP contribution is -1.97. The summed E-state index contributed by atoms with van der Waals surface area (Å²) >= 11 is 4.43. The first-order chi connectivity index (χ1) is 11.9. The third-order valence-corrected chi connectivity index (χ3v) is 4.24. The summed E-state index contributed by atoms with van der Waals surface area (Å²) in [5.41, 5.74) is 2.40. The molecule has 0 radical (unpaired) electrons. The molecule has 9 heteroatoms. The van der Waals surface area contributed by atoms with Gasteiger partial charge in [0.2, 0.25) is 0 Å². The molecule has 0 spiro atoms. The zero-order chi connectivity index (χ0) is 17.9. The van der Waals surface area contributed by atoms with E-state index in [0.29, 0.717) is 5.82 Å². The van der Waals surface area contributed by atoms with E-state index >= 15 is 0 Å². The zero-order valence-electron chi connectivity index (χ0n) is 13.3. The molecule has 0 saturated carbocycles. The second-order valence-electron chi connectivity index (χ2n) is 5.19. The first-order valence-electron chi connectivity index (χ1n) is 7.29. The summed E-state index contributed by atoms with van der Waals surface area (Å²) in [6.07, 6.45) is 1.49. The largest absolute Gasteiger partial charge is 0.497 e. The standard InChI is InChI=1S/C16H16N3O4PS/c1-22-13-6-7-15-14(8-13)16(18-10-17-15)19-12-4-2-11(3-5-12)9-23-24(20,21)25/h2-8,10H,9H2,1H3,(H,17,18,19)(H2,20,21,25). The van der Waals surface area contributed by atoms with Crippen molar-refractivity contribution in [2.45, 2.75) is 6.61 Å². The molecule has 0 aliphatic carbocycles. The number of ether oxygens (including phenoxy) is 1. The summed E-state index contributed by atoms with van der Waals surface area (Å²) in [5, 5.41) is 4.08. The highest BCUT2D eigenvalue weighted by atomic mass is 32.5. The molecule has 0 unspecified atom stereocenters. The molecule has 3 N–H and O–H groups in total. The van der Waals surface area contributed by atoms with Crippen molar-refractivity contribution in [1.29, 1.82) is 0 Å². The quantitative estimate of drug-likeness (QED) is 0.564. The molecule has 0 aliphatic heterocycles. The van der Waals surface area contributed by atoms with Gasteiger partial charge in [0, 0.05) is 11.1 Å². The predicted molar refractivity (Wildman–Crippen MR) is 99.3 cm³/mol. The Balaban J connectivity index is 1.80. The van der Waals surface area contributed by atoms with Crippen LogP contribution in [0.2, 0.25) is 0 Å². The molecule has 0 amide bonds. The minimum Gasteiger partial charge on any atom is -0.497 e. The number of hydrogen-bond donors (Lipinski definition) is 3. The van der Waals surface area contributed by atoms with Crippen LogP contribution in [-0.4, -0.2) is 26.9 Å². The average Bonchev–Trinajstić information content (AvgIpc) is 2.60. The Labute approximate surface area is 149 Å². The number of benzene rings is 2. The average molecular weight is 377 g/mol. The highest BCUT2D eigenvalue weighted by molar-refractivity contribution is 8.06. The molecule has 130 valence electrons. The van der Waals surface area contributed by atoms with Crippen LogP contribution in [0.25, 0.3) is 10.9 Å². The maximum absolute atomic E-state index is 9.09. The molecule has 7 nitrogen and oxygen atoms in total. The molecule has 3 rings (SSSR count). The summed E-state index contributed by atoms with van der Waals surface area (Å²) < 4.78 is 10.1. The lowest BCUT2D eigenvalue weighted by molar-refractivity contribution is 0.242. The van der Waals surface area contributed by atoms with E-state index in [-0.39, 0.29) is 6.61 Å². The Kier molecular flexibility index (Phi) is 5.27. The topological polar surface area (TPSA) is 96.7 Å². The van der Waals surface area contributed by atoms with Gasteiger partial charge in [-0.3, -0.25) is 0 Å². The van der Waals surface area contributed by atoms with Crippen LogP contribution >= 0.6 is 6.72 Å². The molecule has 2 aromatic carbocycles. The van der Waals surface area contributed by atoms with E-state index in [1.54, 1.807) is 19.2 Å². The van der Waals surface area contributed by atoms with E-state index in [9.17, 15) is 0 Å². The number of methoxy groups -OCH3 is 1. The lowest BCUT2D eigenvalue weighted by atomic mass is 10.2. The summed E-state index contributed by atoms with van der Waals surface area (Å²) in [4.78, 5) is 26.7. The minimum absolute atomic E-state index is 0.0399. The maximum Gasteiger partial charge on any atom is 0.322 e. The fraction of sp³-hybridized carbons (Fsp3) is 0.125. The van der Waals surface area contributed by atoms with Crippen LogP contribution in [0.4, 0.5) is 11.5 Å². The van der Waals surface area contributed by atoms with Gasteiger partial charge < -0.3 is 24.4 Å². The molecule has 0 fully saturated rings. The third-order valence-electron chi connectivity index (χ3n) is 3.46. The molecule has 0 saturated heterocycles. The second-order valence-corrected chi connectivity index (χ2v) is 7.86. The van der Waals surface area contributed by atoms with Gasteiger partial charge in [-0.25, -0.2) is 9.97 Å². The number of nitrogens with one attached hydrogen (secondary N) is 1. The number of aromatic nitrogens is 2. The van der Waals surface area contributed by atoms with Gasteiger partial charge in [0.1, 0.15) is 17.9 Å². The summed E-state index contributed by atoms with van der Waals surface area (Å²) in [6.45, 7) is -3.60. The van der Waals surface area contributed by atoms with Crippen LogP contribution < -0.4 is 10.1 Å². The molecule has 1 aromatic heterocycles. The van der Waals surface area contributed by atoms with E-state index < -0.39 is 6.72 Å². The Morgan fingerprint density at radius 1 is 1.12 bits per heavy atom. The Hall–Kier alpha value is -2.09. The first kappa shape index (κ1) is 17.7. The van der Waals surface area contributed by atoms with Crippen molar-refractivity contribution >= 4 is 40.9 Å². The van der Waals surface area contributed by atoms with E-state index in [2.05, 4.69) is 27.1 Å². The van der Waals surface area contributed by atoms with Gasteiger partial charge in [-0.2, -0.15) is 0 Å². The number of nitrogens with zero attached hydrogens (tertiary/aromatic N) is 2. The molecule has 3 aromatic rings. The van der Waals surface area contributed by atoms with Crippen molar-refractivity contribution in [2.24, 2.45) is 0 Å². The van der Waals surface area contributed by atoms with Crippen LogP contribution in [0, 0.1) is 0 Å². The maximum atomic E-state index is 9.09. The van der Waals surface area contributed by atoms with Gasteiger partial charge >= 0.3 is 6.72 Å². The van der Waals surface area contributed by atoms with Gasteiger partial charge in [0.05, 0.1) is 19.2 Å². The van der Waals surface area contributed by atoms with Crippen molar-refractivity contribution in [3.63, 3.8) is 0 Å². The molecule has 0 atom stereocenters. The molecule has 0 bridgehead atoms. The fourth-order valence-corrected chi connectivity index (χ4v) is 2.72. The fourth-order valence-electron chi connectivity index (χ4n) is 2.24. The van der Waals surface area contributed by atoms with Gasteiger partial charge in [-0.15, -0.1) is 0 Å². The van der Waals surface area contributed by atoms with Crippen LogP contribution in [0.1, 0.15) is 5.56 Å². The summed E-state index contributed by atoms with van der Waals surface area (Å²) in [6, 6.07) is 12.9. The molecule has 25 heavy (non-hydrogen) atoms. The van der Waals surface area contributed by atoms with Crippen LogP contribution in [0.3, 0.4) is 0 Å². The zero-order valence-corrected chi connectivity index (χ0v) is 15.0. The smallest absolute Gasteiger partial charge is 0.322 e. The SMILES string of the molecule is COc1ccc2ncnc(Nc3ccc(COP(O)(O)=S)cc3)c2c1. The number of hydrogen-bond acceptors (Lipinski definition) is 6. The van der Waals surface area contributed by atoms with E-state index in [4.69, 9.17) is 19.0 Å². The van der Waals surface area contributed by atoms with Crippen LogP contribution in [0.15, 0.2) is 48.8 Å². The van der Waals surface area contributed by atoms with Crippen LogP contribution in [0.5, 0.6) is 5.75 Å². The van der Waals surface area contributed by atoms with E-state index in [0.717, 1.165) is 27.9 Å². The van der Waals surface area contributed by atoms with Crippen molar-refractivity contribution in [2.75, 3.05) is 12.4 Å². The van der Waals surface area contributed by atoms with E-state index in [1.807, 2.05) is 30.3 Å². The molecular formula is C16H16N3O4PS. The van der Waals surface area contributed by atoms with E-state index in [1.165, 1.54) is 6.33 Å². The number of anilines is 2. The normalized spacial score (nSPS) is 11.5. The number of fused-ring (bicyclic) bond motifs is 1. The van der Waals surface area contributed by atoms with Gasteiger partial charge in [0.25, 0.3) is 0 Å². The highest BCUT2D eigenvalue weighted by Crippen LogP contribution is 2.37. The lowest BCUT2D eigenvalue weighted by Gasteiger charge is -2.11. The van der Waals surface area contributed by atoms with Crippen LogP contribution in [-0.2, 0) is 22.9 Å². The Bertz CT molecular complexity index is 930. The molecule has 0 aliphatic rings.